The highest BCUT2D eigenvalue weighted by Crippen LogP contribution is 2.17. The van der Waals surface area contributed by atoms with Crippen LogP contribution in [0.5, 0.6) is 0 Å². The number of benzene rings is 1. The summed E-state index contributed by atoms with van der Waals surface area (Å²) in [6.07, 6.45) is 3.70. The Hall–Kier alpha value is -0.860. The van der Waals surface area contributed by atoms with Gasteiger partial charge in [-0.2, -0.15) is 0 Å². The lowest BCUT2D eigenvalue weighted by Crippen LogP contribution is -2.40. The lowest BCUT2D eigenvalue weighted by Gasteiger charge is -2.31. The number of nitrogens with one attached hydrogen (secondary N) is 2. The highest BCUT2D eigenvalue weighted by atomic mass is 127. The molecule has 160 valence electrons. The van der Waals surface area contributed by atoms with Crippen molar-refractivity contribution in [3.05, 3.63) is 35.9 Å². The molecule has 1 aliphatic rings. The van der Waals surface area contributed by atoms with E-state index >= 15 is 0 Å². The number of nitrogens with zero attached hydrogens (tertiary/aromatic N) is 2. The minimum absolute atomic E-state index is 0. The number of halogens is 1. The smallest absolute Gasteiger partial charge is 0.191 e. The van der Waals surface area contributed by atoms with Crippen LogP contribution in [0.2, 0.25) is 0 Å². The molecule has 0 radical (unpaired) electrons. The standard InChI is InChI=1S/C22H38N4O.HI/c1-4-23-22(25-17-20-11-9-15-26(5-2)18-20)24-14-10-16-27-19(3)21-12-7-6-8-13-21;/h6-8,12-13,19-20H,4-5,9-11,14-18H2,1-3H3,(H2,23,24,25);1H. The van der Waals surface area contributed by atoms with Crippen molar-refractivity contribution in [3.8, 4) is 0 Å². The van der Waals surface area contributed by atoms with Crippen molar-refractivity contribution in [1.82, 2.24) is 15.5 Å². The van der Waals surface area contributed by atoms with Gasteiger partial charge in [0.1, 0.15) is 0 Å². The van der Waals surface area contributed by atoms with E-state index in [1.807, 2.05) is 6.07 Å². The third-order valence-electron chi connectivity index (χ3n) is 5.15. The number of hydrogen-bond acceptors (Lipinski definition) is 3. The van der Waals surface area contributed by atoms with E-state index in [2.05, 4.69) is 60.6 Å². The van der Waals surface area contributed by atoms with Crippen molar-refractivity contribution >= 4 is 29.9 Å². The lowest BCUT2D eigenvalue weighted by atomic mass is 9.98. The predicted octanol–water partition coefficient (Wildman–Crippen LogP) is 4.06. The van der Waals surface area contributed by atoms with Crippen LogP contribution < -0.4 is 10.6 Å². The third-order valence-corrected chi connectivity index (χ3v) is 5.15. The summed E-state index contributed by atoms with van der Waals surface area (Å²) in [5.41, 5.74) is 1.23. The average Bonchev–Trinajstić information content (AvgIpc) is 2.72. The van der Waals surface area contributed by atoms with E-state index in [-0.39, 0.29) is 30.1 Å². The van der Waals surface area contributed by atoms with Gasteiger partial charge in [0.2, 0.25) is 0 Å². The maximum Gasteiger partial charge on any atom is 0.191 e. The van der Waals surface area contributed by atoms with Gasteiger partial charge < -0.3 is 20.3 Å². The van der Waals surface area contributed by atoms with Gasteiger partial charge >= 0.3 is 0 Å². The van der Waals surface area contributed by atoms with Gasteiger partial charge in [-0.15, -0.1) is 24.0 Å². The lowest BCUT2D eigenvalue weighted by molar-refractivity contribution is 0.0646. The summed E-state index contributed by atoms with van der Waals surface area (Å²) >= 11 is 0. The Balaban J connectivity index is 0.00000392. The van der Waals surface area contributed by atoms with Gasteiger partial charge in [-0.3, -0.25) is 4.99 Å². The third kappa shape index (κ3) is 9.56. The van der Waals surface area contributed by atoms with Crippen molar-refractivity contribution < 1.29 is 4.74 Å². The molecule has 0 aliphatic carbocycles. The van der Waals surface area contributed by atoms with Crippen molar-refractivity contribution in [1.29, 1.82) is 0 Å². The van der Waals surface area contributed by atoms with Crippen LogP contribution in [-0.2, 0) is 4.74 Å². The van der Waals surface area contributed by atoms with Crippen molar-refractivity contribution in [2.45, 2.75) is 46.1 Å². The summed E-state index contributed by atoms with van der Waals surface area (Å²) < 4.78 is 5.94. The van der Waals surface area contributed by atoms with Gasteiger partial charge in [0.25, 0.3) is 0 Å². The zero-order chi connectivity index (χ0) is 19.3. The first-order valence-electron chi connectivity index (χ1n) is 10.6. The number of aliphatic imine (C=N–C) groups is 1. The second-order valence-corrected chi connectivity index (χ2v) is 7.33. The summed E-state index contributed by atoms with van der Waals surface area (Å²) in [4.78, 5) is 7.35. The molecule has 1 aliphatic heterocycles. The maximum atomic E-state index is 5.94. The molecule has 28 heavy (non-hydrogen) atoms. The average molecular weight is 502 g/mol. The normalized spacial score (nSPS) is 19.0. The molecule has 5 nitrogen and oxygen atoms in total. The molecule has 0 aromatic heterocycles. The number of rotatable bonds is 10. The van der Waals surface area contributed by atoms with Gasteiger partial charge in [-0.05, 0) is 57.7 Å². The Bertz CT molecular complexity index is 541. The van der Waals surface area contributed by atoms with Crippen LogP contribution in [0, 0.1) is 5.92 Å². The number of guanidine groups is 1. The Kier molecular flexibility index (Phi) is 13.5. The fourth-order valence-electron chi connectivity index (χ4n) is 3.51. The van der Waals surface area contributed by atoms with Crippen LogP contribution in [0.1, 0.15) is 51.7 Å². The molecule has 2 atom stereocenters. The van der Waals surface area contributed by atoms with E-state index < -0.39 is 0 Å². The monoisotopic (exact) mass is 502 g/mol. The molecule has 1 heterocycles. The Morgan fingerprint density at radius 1 is 1.25 bits per heavy atom. The molecule has 1 fully saturated rings. The Morgan fingerprint density at radius 3 is 2.75 bits per heavy atom. The van der Waals surface area contributed by atoms with Crippen LogP contribution in [0.3, 0.4) is 0 Å². The fourth-order valence-corrected chi connectivity index (χ4v) is 3.51. The van der Waals surface area contributed by atoms with E-state index in [0.29, 0.717) is 5.92 Å². The van der Waals surface area contributed by atoms with Crippen LogP contribution in [0.25, 0.3) is 0 Å². The van der Waals surface area contributed by atoms with E-state index in [9.17, 15) is 0 Å². The minimum atomic E-state index is 0. The summed E-state index contributed by atoms with van der Waals surface area (Å²) in [5, 5.41) is 6.80. The van der Waals surface area contributed by atoms with Gasteiger partial charge in [-0.1, -0.05) is 37.3 Å². The first-order chi connectivity index (χ1) is 13.2. The van der Waals surface area contributed by atoms with E-state index in [0.717, 1.165) is 45.2 Å². The summed E-state index contributed by atoms with van der Waals surface area (Å²) in [7, 11) is 0. The molecule has 2 unspecified atom stereocenters. The van der Waals surface area contributed by atoms with Crippen molar-refractivity contribution in [2.24, 2.45) is 10.9 Å². The number of likely N-dealkylation sites (tertiary alicyclic amines) is 1. The Labute approximate surface area is 188 Å². The van der Waals surface area contributed by atoms with Gasteiger partial charge in [0, 0.05) is 32.8 Å². The van der Waals surface area contributed by atoms with Crippen molar-refractivity contribution in [2.75, 3.05) is 45.9 Å². The number of ether oxygens (including phenoxy) is 1. The highest BCUT2D eigenvalue weighted by Gasteiger charge is 2.18. The minimum Gasteiger partial charge on any atom is -0.374 e. The topological polar surface area (TPSA) is 48.9 Å². The van der Waals surface area contributed by atoms with Crippen LogP contribution >= 0.6 is 24.0 Å². The summed E-state index contributed by atoms with van der Waals surface area (Å²) in [6, 6.07) is 10.4. The number of hydrogen-bond donors (Lipinski definition) is 2. The molecule has 6 heteroatoms. The first-order valence-corrected chi connectivity index (χ1v) is 10.6. The van der Waals surface area contributed by atoms with Crippen molar-refractivity contribution in [3.63, 3.8) is 0 Å². The molecule has 2 N–H and O–H groups in total. The first kappa shape index (κ1) is 25.2. The second-order valence-electron chi connectivity index (χ2n) is 7.33. The maximum absolute atomic E-state index is 5.94. The quantitative estimate of drug-likeness (QED) is 0.219. The molecule has 2 rings (SSSR count). The molecular formula is C22H39IN4O. The zero-order valence-electron chi connectivity index (χ0n) is 17.8. The largest absolute Gasteiger partial charge is 0.374 e. The van der Waals surface area contributed by atoms with Crippen LogP contribution in [0.15, 0.2) is 35.3 Å². The summed E-state index contributed by atoms with van der Waals surface area (Å²) in [5.74, 6) is 1.62. The molecule has 1 aromatic rings. The SMILES string of the molecule is CCNC(=NCC1CCCN(CC)C1)NCCCOC(C)c1ccccc1.I. The fraction of sp³-hybridized carbons (Fsp3) is 0.682. The van der Waals surface area contributed by atoms with E-state index in [4.69, 9.17) is 9.73 Å². The van der Waals surface area contributed by atoms with Gasteiger partial charge in [0.15, 0.2) is 5.96 Å². The van der Waals surface area contributed by atoms with Crippen LogP contribution in [-0.4, -0.2) is 56.7 Å². The zero-order valence-corrected chi connectivity index (χ0v) is 20.2. The molecule has 0 spiro atoms. The van der Waals surface area contributed by atoms with Crippen LogP contribution in [0.4, 0.5) is 0 Å². The highest BCUT2D eigenvalue weighted by molar-refractivity contribution is 14.0. The Morgan fingerprint density at radius 2 is 2.04 bits per heavy atom. The molecule has 0 saturated carbocycles. The molecular weight excluding hydrogens is 463 g/mol. The predicted molar refractivity (Wildman–Crippen MR) is 130 cm³/mol. The summed E-state index contributed by atoms with van der Waals surface area (Å²) in [6.45, 7) is 13.5. The van der Waals surface area contributed by atoms with E-state index in [1.54, 1.807) is 0 Å². The molecule has 0 bridgehead atoms. The molecule has 1 aromatic carbocycles. The van der Waals surface area contributed by atoms with Gasteiger partial charge in [0.05, 0.1) is 6.10 Å². The molecule has 1 saturated heterocycles. The van der Waals surface area contributed by atoms with E-state index in [1.165, 1.54) is 31.5 Å². The molecule has 0 amide bonds. The van der Waals surface area contributed by atoms with Gasteiger partial charge in [-0.25, -0.2) is 0 Å². The number of piperidine rings is 1. The second kappa shape index (κ2) is 15.0.